The third kappa shape index (κ3) is 4.93. The highest BCUT2D eigenvalue weighted by Crippen LogP contribution is 2.35. The highest BCUT2D eigenvalue weighted by atomic mass is 32.2. The normalized spacial score (nSPS) is 19.4. The number of carbonyl (C=O) groups excluding carboxylic acids is 2. The number of anilines is 1. The van der Waals surface area contributed by atoms with Crippen LogP contribution in [0.4, 0.5) is 5.69 Å². The van der Waals surface area contributed by atoms with Crippen LogP contribution in [0.15, 0.2) is 52.4 Å². The average molecular weight is 488 g/mol. The van der Waals surface area contributed by atoms with E-state index in [0.29, 0.717) is 40.2 Å². The molecule has 0 saturated heterocycles. The van der Waals surface area contributed by atoms with E-state index in [4.69, 9.17) is 5.26 Å². The average Bonchev–Trinajstić information content (AvgIpc) is 3.19. The fourth-order valence-electron chi connectivity index (χ4n) is 4.97. The summed E-state index contributed by atoms with van der Waals surface area (Å²) in [7, 11) is 0. The summed E-state index contributed by atoms with van der Waals surface area (Å²) >= 11 is 1.36. The number of fused-ring (bicyclic) bond motifs is 2. The molecular formula is C26H25N5O3S. The van der Waals surface area contributed by atoms with Gasteiger partial charge in [-0.3, -0.25) is 14.4 Å². The number of benzene rings is 2. The number of nitrogens with one attached hydrogen (secondary N) is 2. The van der Waals surface area contributed by atoms with E-state index >= 15 is 0 Å². The summed E-state index contributed by atoms with van der Waals surface area (Å²) < 4.78 is 0. The topological polar surface area (TPSA) is 119 Å². The molecule has 2 N–H and O–H groups in total. The molecular weight excluding hydrogens is 462 g/mol. The second-order valence-electron chi connectivity index (χ2n) is 8.96. The SMILES string of the molecule is N#Cc1ccc2c(c1)CC(=O)N2C1CCC(NC(=O)CCSc2nc3ccccc3c(=O)[nH]2)CC1. The minimum atomic E-state index is -0.177. The van der Waals surface area contributed by atoms with Crippen molar-refractivity contribution in [1.82, 2.24) is 15.3 Å². The highest BCUT2D eigenvalue weighted by molar-refractivity contribution is 7.99. The number of rotatable bonds is 6. The Bertz CT molecular complexity index is 1390. The number of H-pyrrole nitrogens is 1. The summed E-state index contributed by atoms with van der Waals surface area (Å²) in [4.78, 5) is 46.4. The van der Waals surface area contributed by atoms with Crippen LogP contribution in [0.25, 0.3) is 10.9 Å². The van der Waals surface area contributed by atoms with Crippen molar-refractivity contribution in [2.24, 2.45) is 0 Å². The summed E-state index contributed by atoms with van der Waals surface area (Å²) in [5, 5.41) is 13.3. The first-order valence-electron chi connectivity index (χ1n) is 11.8. The Kier molecular flexibility index (Phi) is 6.55. The van der Waals surface area contributed by atoms with Crippen LogP contribution in [-0.4, -0.2) is 39.6 Å². The molecule has 1 aromatic heterocycles. The molecule has 178 valence electrons. The number of nitrogens with zero attached hydrogens (tertiary/aromatic N) is 3. The van der Waals surface area contributed by atoms with Gasteiger partial charge in [0, 0.05) is 29.9 Å². The maximum Gasteiger partial charge on any atom is 0.259 e. The Labute approximate surface area is 206 Å². The molecule has 1 fully saturated rings. The van der Waals surface area contributed by atoms with Crippen molar-refractivity contribution in [2.75, 3.05) is 10.7 Å². The van der Waals surface area contributed by atoms with Crippen molar-refractivity contribution in [3.63, 3.8) is 0 Å². The largest absolute Gasteiger partial charge is 0.353 e. The molecule has 1 saturated carbocycles. The van der Waals surface area contributed by atoms with Crippen molar-refractivity contribution >= 4 is 40.2 Å². The first-order chi connectivity index (χ1) is 17.0. The number of nitriles is 1. The zero-order chi connectivity index (χ0) is 24.4. The lowest BCUT2D eigenvalue weighted by Crippen LogP contribution is -2.45. The Balaban J connectivity index is 1.10. The van der Waals surface area contributed by atoms with E-state index in [1.165, 1.54) is 11.8 Å². The number of para-hydroxylation sites is 1. The van der Waals surface area contributed by atoms with Crippen molar-refractivity contribution in [2.45, 2.75) is 55.8 Å². The molecule has 0 atom stereocenters. The molecule has 1 aliphatic heterocycles. The number of thioether (sulfide) groups is 1. The van der Waals surface area contributed by atoms with E-state index in [-0.39, 0.29) is 29.5 Å². The molecule has 3 aromatic rings. The lowest BCUT2D eigenvalue weighted by molar-refractivity contribution is -0.122. The zero-order valence-corrected chi connectivity index (χ0v) is 19.9. The first-order valence-corrected chi connectivity index (χ1v) is 12.8. The second kappa shape index (κ2) is 9.92. The standard InChI is InChI=1S/C26H25N5O3S/c27-15-16-5-10-22-17(13-16)14-24(33)31(22)19-8-6-18(7-9-19)28-23(32)11-12-35-26-29-21-4-2-1-3-20(21)25(34)30-26/h1-5,10,13,18-19H,6-9,11-12,14H2,(H,28,32)(H,29,30,34). The lowest BCUT2D eigenvalue weighted by Gasteiger charge is -2.35. The monoisotopic (exact) mass is 487 g/mol. The molecule has 2 amide bonds. The van der Waals surface area contributed by atoms with Crippen LogP contribution in [0.2, 0.25) is 0 Å². The fourth-order valence-corrected chi connectivity index (χ4v) is 5.77. The molecule has 2 aliphatic rings. The molecule has 0 bridgehead atoms. The Morgan fingerprint density at radius 2 is 1.97 bits per heavy atom. The van der Waals surface area contributed by atoms with E-state index in [1.807, 2.05) is 17.0 Å². The van der Waals surface area contributed by atoms with Gasteiger partial charge in [0.05, 0.1) is 29.0 Å². The number of hydrogen-bond acceptors (Lipinski definition) is 6. The van der Waals surface area contributed by atoms with E-state index < -0.39 is 0 Å². The summed E-state index contributed by atoms with van der Waals surface area (Å²) in [5.74, 6) is 0.585. The van der Waals surface area contributed by atoms with Gasteiger partial charge in [-0.1, -0.05) is 23.9 Å². The Morgan fingerprint density at radius 3 is 2.77 bits per heavy atom. The van der Waals surface area contributed by atoms with Crippen molar-refractivity contribution in [1.29, 1.82) is 5.26 Å². The Hall–Kier alpha value is -3.64. The third-order valence-corrected chi connectivity index (χ3v) is 7.54. The van der Waals surface area contributed by atoms with Crippen LogP contribution in [0.5, 0.6) is 0 Å². The van der Waals surface area contributed by atoms with Gasteiger partial charge >= 0.3 is 0 Å². The Morgan fingerprint density at radius 1 is 1.17 bits per heavy atom. The maximum absolute atomic E-state index is 12.7. The lowest BCUT2D eigenvalue weighted by atomic mass is 9.90. The highest BCUT2D eigenvalue weighted by Gasteiger charge is 2.35. The van der Waals surface area contributed by atoms with Crippen LogP contribution in [0.3, 0.4) is 0 Å². The van der Waals surface area contributed by atoms with Crippen LogP contribution in [0, 0.1) is 11.3 Å². The van der Waals surface area contributed by atoms with Crippen LogP contribution >= 0.6 is 11.8 Å². The van der Waals surface area contributed by atoms with E-state index in [2.05, 4.69) is 21.4 Å². The summed E-state index contributed by atoms with van der Waals surface area (Å²) in [6.45, 7) is 0. The van der Waals surface area contributed by atoms with Gasteiger partial charge in [0.1, 0.15) is 0 Å². The molecule has 1 aliphatic carbocycles. The maximum atomic E-state index is 12.7. The quantitative estimate of drug-likeness (QED) is 0.407. The van der Waals surface area contributed by atoms with Gasteiger partial charge in [-0.05, 0) is 61.6 Å². The second-order valence-corrected chi connectivity index (χ2v) is 10.0. The van der Waals surface area contributed by atoms with Gasteiger partial charge in [0.2, 0.25) is 11.8 Å². The predicted molar refractivity (Wildman–Crippen MR) is 134 cm³/mol. The van der Waals surface area contributed by atoms with Gasteiger partial charge in [0.25, 0.3) is 5.56 Å². The van der Waals surface area contributed by atoms with Gasteiger partial charge in [-0.2, -0.15) is 5.26 Å². The molecule has 0 spiro atoms. The number of hydrogen-bond donors (Lipinski definition) is 2. The predicted octanol–water partition coefficient (Wildman–Crippen LogP) is 3.29. The molecule has 2 aromatic carbocycles. The van der Waals surface area contributed by atoms with E-state index in [9.17, 15) is 14.4 Å². The van der Waals surface area contributed by atoms with E-state index in [1.54, 1.807) is 30.3 Å². The summed E-state index contributed by atoms with van der Waals surface area (Å²) in [5.41, 5.74) is 2.88. The third-order valence-electron chi connectivity index (χ3n) is 6.66. The molecule has 8 nitrogen and oxygen atoms in total. The first kappa shape index (κ1) is 23.1. The van der Waals surface area contributed by atoms with Gasteiger partial charge in [-0.15, -0.1) is 0 Å². The molecule has 0 radical (unpaired) electrons. The molecule has 0 unspecified atom stereocenters. The van der Waals surface area contributed by atoms with Crippen LogP contribution < -0.4 is 15.8 Å². The molecule has 2 heterocycles. The summed E-state index contributed by atoms with van der Waals surface area (Å²) in [6, 6.07) is 15.0. The van der Waals surface area contributed by atoms with Crippen molar-refractivity contribution in [3.8, 4) is 6.07 Å². The van der Waals surface area contributed by atoms with Crippen molar-refractivity contribution in [3.05, 3.63) is 63.9 Å². The van der Waals surface area contributed by atoms with Crippen LogP contribution in [0.1, 0.15) is 43.2 Å². The molecule has 5 rings (SSSR count). The minimum Gasteiger partial charge on any atom is -0.353 e. The minimum absolute atomic E-state index is 0.0179. The van der Waals surface area contributed by atoms with Gasteiger partial charge in [0.15, 0.2) is 5.16 Å². The van der Waals surface area contributed by atoms with Gasteiger partial charge in [-0.25, -0.2) is 4.98 Å². The molecule has 9 heteroatoms. The summed E-state index contributed by atoms with van der Waals surface area (Å²) in [6.07, 6.45) is 3.97. The zero-order valence-electron chi connectivity index (χ0n) is 19.1. The smallest absolute Gasteiger partial charge is 0.259 e. The number of amides is 2. The van der Waals surface area contributed by atoms with Crippen LogP contribution in [-0.2, 0) is 16.0 Å². The van der Waals surface area contributed by atoms with Crippen molar-refractivity contribution < 1.29 is 9.59 Å². The van der Waals surface area contributed by atoms with Gasteiger partial charge < -0.3 is 15.2 Å². The fraction of sp³-hybridized carbons (Fsp3) is 0.346. The number of aromatic amines is 1. The molecule has 35 heavy (non-hydrogen) atoms. The van der Waals surface area contributed by atoms with E-state index in [0.717, 1.165) is 36.9 Å². The number of carbonyl (C=O) groups is 2. The number of aromatic nitrogens is 2.